The standard InChI is InChI=1S/C14H18FN3O2/c15-11-5-10(11)13-6-12(18-20-13)14(19)17-9-3-7-1-2-8(4-9)16-7/h6-11,16H,1-5H2,(H,17,19)/t7?,8?,9?,10-,11-/m1/s1. The molecular weight excluding hydrogens is 261 g/mol. The Morgan fingerprint density at radius 1 is 1.35 bits per heavy atom. The zero-order valence-electron chi connectivity index (χ0n) is 11.1. The molecule has 20 heavy (non-hydrogen) atoms. The van der Waals surface area contributed by atoms with Gasteiger partial charge >= 0.3 is 0 Å². The Morgan fingerprint density at radius 2 is 2.05 bits per heavy atom. The van der Waals surface area contributed by atoms with E-state index in [1.807, 2.05) is 0 Å². The highest BCUT2D eigenvalue weighted by Crippen LogP contribution is 2.43. The monoisotopic (exact) mass is 279 g/mol. The number of amides is 1. The van der Waals surface area contributed by atoms with Crippen LogP contribution in [0.25, 0.3) is 0 Å². The minimum Gasteiger partial charge on any atom is -0.360 e. The van der Waals surface area contributed by atoms with Gasteiger partial charge in [0.25, 0.3) is 5.91 Å². The van der Waals surface area contributed by atoms with E-state index >= 15 is 0 Å². The maximum Gasteiger partial charge on any atom is 0.273 e. The van der Waals surface area contributed by atoms with Gasteiger partial charge in [0.15, 0.2) is 5.69 Å². The van der Waals surface area contributed by atoms with Crippen LogP contribution in [0.2, 0.25) is 0 Å². The summed E-state index contributed by atoms with van der Waals surface area (Å²) in [6.07, 6.45) is 3.99. The molecule has 0 spiro atoms. The quantitative estimate of drug-likeness (QED) is 0.880. The number of nitrogens with one attached hydrogen (secondary N) is 2. The van der Waals surface area contributed by atoms with Gasteiger partial charge in [-0.3, -0.25) is 4.79 Å². The van der Waals surface area contributed by atoms with Crippen molar-refractivity contribution in [1.82, 2.24) is 15.8 Å². The number of hydrogen-bond donors (Lipinski definition) is 2. The van der Waals surface area contributed by atoms with Crippen LogP contribution in [0.5, 0.6) is 0 Å². The van der Waals surface area contributed by atoms with Crippen molar-refractivity contribution in [3.05, 3.63) is 17.5 Å². The molecule has 2 bridgehead atoms. The molecule has 3 heterocycles. The molecule has 3 fully saturated rings. The van der Waals surface area contributed by atoms with Crippen LogP contribution in [0.4, 0.5) is 4.39 Å². The molecule has 2 N–H and O–H groups in total. The molecule has 1 amide bonds. The number of carbonyl (C=O) groups excluding carboxylic acids is 1. The van der Waals surface area contributed by atoms with Crippen molar-refractivity contribution >= 4 is 5.91 Å². The van der Waals surface area contributed by atoms with Gasteiger partial charge < -0.3 is 15.2 Å². The second-order valence-corrected chi connectivity index (χ2v) is 6.25. The number of fused-ring (bicyclic) bond motifs is 2. The maximum atomic E-state index is 12.9. The number of nitrogens with zero attached hydrogens (tertiary/aromatic N) is 1. The summed E-state index contributed by atoms with van der Waals surface area (Å²) in [7, 11) is 0. The van der Waals surface area contributed by atoms with E-state index < -0.39 is 6.17 Å². The SMILES string of the molecule is O=C(NC1CC2CCC(C1)N2)c1cc([C@@H]2C[C@H]2F)on1. The van der Waals surface area contributed by atoms with Gasteiger partial charge in [0, 0.05) is 24.2 Å². The molecule has 0 radical (unpaired) electrons. The number of carbonyl (C=O) groups is 1. The second kappa shape index (κ2) is 4.55. The topological polar surface area (TPSA) is 67.2 Å². The first-order chi connectivity index (χ1) is 9.69. The first-order valence-corrected chi connectivity index (χ1v) is 7.36. The first kappa shape index (κ1) is 12.3. The molecule has 2 aliphatic heterocycles. The highest BCUT2D eigenvalue weighted by molar-refractivity contribution is 5.92. The van der Waals surface area contributed by atoms with E-state index in [1.54, 1.807) is 6.07 Å². The Balaban J connectivity index is 1.39. The zero-order valence-corrected chi connectivity index (χ0v) is 11.1. The number of piperidine rings is 1. The summed E-state index contributed by atoms with van der Waals surface area (Å²) in [4.78, 5) is 12.1. The summed E-state index contributed by atoms with van der Waals surface area (Å²) < 4.78 is 18.0. The zero-order chi connectivity index (χ0) is 13.7. The minimum atomic E-state index is -0.834. The number of hydrogen-bond acceptors (Lipinski definition) is 4. The van der Waals surface area contributed by atoms with E-state index in [1.165, 1.54) is 12.8 Å². The van der Waals surface area contributed by atoms with Crippen molar-refractivity contribution in [3.63, 3.8) is 0 Å². The van der Waals surface area contributed by atoms with Crippen LogP contribution in [0.3, 0.4) is 0 Å². The van der Waals surface area contributed by atoms with Crippen LogP contribution in [-0.2, 0) is 0 Å². The summed E-state index contributed by atoms with van der Waals surface area (Å²) in [5.74, 6) is 0.0918. The first-order valence-electron chi connectivity index (χ1n) is 7.36. The van der Waals surface area contributed by atoms with E-state index in [2.05, 4.69) is 15.8 Å². The van der Waals surface area contributed by atoms with Crippen molar-refractivity contribution in [1.29, 1.82) is 0 Å². The largest absolute Gasteiger partial charge is 0.360 e. The van der Waals surface area contributed by atoms with Crippen molar-refractivity contribution in [2.75, 3.05) is 0 Å². The Kier molecular flexibility index (Phi) is 2.80. The van der Waals surface area contributed by atoms with Crippen LogP contribution in [-0.4, -0.2) is 35.4 Å². The van der Waals surface area contributed by atoms with E-state index in [0.29, 0.717) is 24.3 Å². The average Bonchev–Trinajstić information content (AvgIpc) is 2.87. The summed E-state index contributed by atoms with van der Waals surface area (Å²) in [6.45, 7) is 0. The molecule has 2 unspecified atom stereocenters. The lowest BCUT2D eigenvalue weighted by molar-refractivity contribution is 0.0914. The van der Waals surface area contributed by atoms with Gasteiger partial charge in [0.05, 0.1) is 5.92 Å². The predicted octanol–water partition coefficient (Wildman–Crippen LogP) is 1.51. The molecule has 1 aliphatic carbocycles. The Labute approximate surface area is 116 Å². The summed E-state index contributed by atoms with van der Waals surface area (Å²) in [6, 6.07) is 2.85. The van der Waals surface area contributed by atoms with Gasteiger partial charge in [-0.1, -0.05) is 5.16 Å². The third kappa shape index (κ3) is 2.22. The summed E-state index contributed by atoms with van der Waals surface area (Å²) in [5.41, 5.74) is 0.268. The predicted molar refractivity (Wildman–Crippen MR) is 69.2 cm³/mol. The number of rotatable bonds is 3. The highest BCUT2D eigenvalue weighted by Gasteiger charge is 2.42. The van der Waals surface area contributed by atoms with Crippen molar-refractivity contribution in [2.45, 2.75) is 62.3 Å². The summed E-state index contributed by atoms with van der Waals surface area (Å²) in [5, 5.41) is 10.3. The molecule has 1 saturated carbocycles. The van der Waals surface area contributed by atoms with E-state index in [4.69, 9.17) is 4.52 Å². The molecular formula is C14H18FN3O2. The molecule has 6 heteroatoms. The molecule has 1 aromatic heterocycles. The van der Waals surface area contributed by atoms with E-state index in [-0.39, 0.29) is 23.6 Å². The van der Waals surface area contributed by atoms with Gasteiger partial charge in [0.1, 0.15) is 11.9 Å². The fourth-order valence-corrected chi connectivity index (χ4v) is 3.46. The molecule has 1 aromatic rings. The third-order valence-electron chi connectivity index (χ3n) is 4.65. The molecule has 4 atom stereocenters. The lowest BCUT2D eigenvalue weighted by Gasteiger charge is -2.29. The highest BCUT2D eigenvalue weighted by atomic mass is 19.1. The molecule has 2 saturated heterocycles. The average molecular weight is 279 g/mol. The van der Waals surface area contributed by atoms with Gasteiger partial charge in [-0.05, 0) is 32.1 Å². The Hall–Kier alpha value is -1.43. The van der Waals surface area contributed by atoms with Crippen molar-refractivity contribution in [2.24, 2.45) is 0 Å². The fourth-order valence-electron chi connectivity index (χ4n) is 3.46. The molecule has 4 rings (SSSR count). The molecule has 108 valence electrons. The van der Waals surface area contributed by atoms with Crippen molar-refractivity contribution in [3.8, 4) is 0 Å². The molecule has 0 aromatic carbocycles. The fraction of sp³-hybridized carbons (Fsp3) is 0.714. The molecule has 5 nitrogen and oxygen atoms in total. The second-order valence-electron chi connectivity index (χ2n) is 6.25. The van der Waals surface area contributed by atoms with Gasteiger partial charge in [-0.25, -0.2) is 4.39 Å². The number of alkyl halides is 1. The van der Waals surface area contributed by atoms with Gasteiger partial charge in [-0.2, -0.15) is 0 Å². The normalized spacial score (nSPS) is 38.8. The lowest BCUT2D eigenvalue weighted by Crippen LogP contribution is -2.48. The van der Waals surface area contributed by atoms with Gasteiger partial charge in [0.2, 0.25) is 0 Å². The summed E-state index contributed by atoms with van der Waals surface area (Å²) >= 11 is 0. The van der Waals surface area contributed by atoms with Crippen LogP contribution in [0.1, 0.15) is 54.3 Å². The Morgan fingerprint density at radius 3 is 2.70 bits per heavy atom. The Bertz CT molecular complexity index is 520. The van der Waals surface area contributed by atoms with E-state index in [9.17, 15) is 9.18 Å². The minimum absolute atomic E-state index is 0.196. The lowest BCUT2D eigenvalue weighted by atomic mass is 10.00. The van der Waals surface area contributed by atoms with Crippen LogP contribution < -0.4 is 10.6 Å². The van der Waals surface area contributed by atoms with Crippen LogP contribution >= 0.6 is 0 Å². The smallest absolute Gasteiger partial charge is 0.273 e. The number of halogens is 1. The van der Waals surface area contributed by atoms with Gasteiger partial charge in [-0.15, -0.1) is 0 Å². The number of aromatic nitrogens is 1. The van der Waals surface area contributed by atoms with Crippen molar-refractivity contribution < 1.29 is 13.7 Å². The molecule has 3 aliphatic rings. The van der Waals surface area contributed by atoms with Crippen LogP contribution in [0.15, 0.2) is 10.6 Å². The van der Waals surface area contributed by atoms with Crippen LogP contribution in [0, 0.1) is 0 Å². The van der Waals surface area contributed by atoms with E-state index in [0.717, 1.165) is 12.8 Å². The maximum absolute atomic E-state index is 12.9. The third-order valence-corrected chi connectivity index (χ3v) is 4.65.